The smallest absolute Gasteiger partial charge is 0.271 e. The van der Waals surface area contributed by atoms with Crippen molar-refractivity contribution >= 4 is 23.0 Å². The molecule has 2 N–H and O–H groups in total. The van der Waals surface area contributed by atoms with Gasteiger partial charge in [0.15, 0.2) is 0 Å². The summed E-state index contributed by atoms with van der Waals surface area (Å²) >= 11 is 0. The van der Waals surface area contributed by atoms with E-state index in [-0.39, 0.29) is 5.91 Å². The highest BCUT2D eigenvalue weighted by molar-refractivity contribution is 6.06. The number of pyridine rings is 1. The maximum Gasteiger partial charge on any atom is 0.271 e. The Bertz CT molecular complexity index is 1070. The molecule has 0 aliphatic rings. The Balaban J connectivity index is 1.68. The second-order valence-electron chi connectivity index (χ2n) is 5.76. The number of benzene rings is 2. The van der Waals surface area contributed by atoms with Crippen LogP contribution in [0.4, 0.5) is 0 Å². The van der Waals surface area contributed by atoms with E-state index in [0.29, 0.717) is 5.56 Å². The maximum atomic E-state index is 12.1. The van der Waals surface area contributed by atoms with Gasteiger partial charge in [0.05, 0.1) is 11.9 Å². The van der Waals surface area contributed by atoms with Crippen LogP contribution in [0.15, 0.2) is 84.2 Å². The van der Waals surface area contributed by atoms with Crippen molar-refractivity contribution in [1.29, 1.82) is 0 Å². The second-order valence-corrected chi connectivity index (χ2v) is 5.76. The zero-order valence-electron chi connectivity index (χ0n) is 13.9. The molecule has 0 saturated heterocycles. The summed E-state index contributed by atoms with van der Waals surface area (Å²) in [6, 6.07) is 21.4. The molecule has 5 heteroatoms. The van der Waals surface area contributed by atoms with Crippen molar-refractivity contribution in [2.75, 3.05) is 0 Å². The average molecular weight is 340 g/mol. The van der Waals surface area contributed by atoms with Crippen LogP contribution in [-0.4, -0.2) is 22.1 Å². The van der Waals surface area contributed by atoms with E-state index >= 15 is 0 Å². The van der Waals surface area contributed by atoms with Gasteiger partial charge < -0.3 is 4.98 Å². The maximum absolute atomic E-state index is 12.1. The van der Waals surface area contributed by atoms with Crippen molar-refractivity contribution in [3.8, 4) is 11.3 Å². The van der Waals surface area contributed by atoms with Crippen molar-refractivity contribution in [1.82, 2.24) is 15.4 Å². The Morgan fingerprint density at radius 1 is 0.962 bits per heavy atom. The van der Waals surface area contributed by atoms with Crippen LogP contribution in [0.2, 0.25) is 0 Å². The lowest BCUT2D eigenvalue weighted by molar-refractivity contribution is 0.0955. The number of hydrogen-bond donors (Lipinski definition) is 2. The predicted octanol–water partition coefficient (Wildman–Crippen LogP) is 3.99. The van der Waals surface area contributed by atoms with Crippen LogP contribution < -0.4 is 5.43 Å². The minimum absolute atomic E-state index is 0.273. The zero-order valence-corrected chi connectivity index (χ0v) is 13.9. The van der Waals surface area contributed by atoms with Crippen LogP contribution in [0.1, 0.15) is 15.9 Å². The molecule has 0 spiro atoms. The predicted molar refractivity (Wildman–Crippen MR) is 103 cm³/mol. The Morgan fingerprint density at radius 3 is 2.50 bits per heavy atom. The summed E-state index contributed by atoms with van der Waals surface area (Å²) in [6.45, 7) is 0. The van der Waals surface area contributed by atoms with Crippen LogP contribution >= 0.6 is 0 Å². The molecule has 2 aromatic heterocycles. The molecular formula is C21H16N4O. The number of rotatable bonds is 4. The van der Waals surface area contributed by atoms with Crippen LogP contribution in [-0.2, 0) is 0 Å². The first-order valence-corrected chi connectivity index (χ1v) is 8.22. The van der Waals surface area contributed by atoms with Gasteiger partial charge in [0.2, 0.25) is 0 Å². The molecular weight excluding hydrogens is 324 g/mol. The largest absolute Gasteiger partial charge is 0.354 e. The summed E-state index contributed by atoms with van der Waals surface area (Å²) in [5.41, 5.74) is 7.06. The monoisotopic (exact) mass is 340 g/mol. The van der Waals surface area contributed by atoms with E-state index < -0.39 is 0 Å². The number of para-hydroxylation sites is 1. The fraction of sp³-hybridized carbons (Fsp3) is 0. The highest BCUT2D eigenvalue weighted by Gasteiger charge is 2.11. The van der Waals surface area contributed by atoms with Crippen LogP contribution in [0.5, 0.6) is 0 Å². The van der Waals surface area contributed by atoms with Crippen molar-refractivity contribution in [3.63, 3.8) is 0 Å². The number of nitrogens with one attached hydrogen (secondary N) is 2. The molecule has 26 heavy (non-hydrogen) atoms. The molecule has 0 fully saturated rings. The summed E-state index contributed by atoms with van der Waals surface area (Å²) in [5.74, 6) is -0.273. The molecule has 4 aromatic rings. The van der Waals surface area contributed by atoms with Gasteiger partial charge in [-0.05, 0) is 23.8 Å². The number of H-pyrrole nitrogens is 1. The lowest BCUT2D eigenvalue weighted by Crippen LogP contribution is -2.17. The number of hydrogen-bond acceptors (Lipinski definition) is 3. The van der Waals surface area contributed by atoms with Gasteiger partial charge in [-0.15, -0.1) is 0 Å². The van der Waals surface area contributed by atoms with Crippen molar-refractivity contribution < 1.29 is 4.79 Å². The van der Waals surface area contributed by atoms with E-state index in [0.717, 1.165) is 27.7 Å². The van der Waals surface area contributed by atoms with Gasteiger partial charge in [-0.2, -0.15) is 5.10 Å². The number of amides is 1. The Hall–Kier alpha value is -3.73. The SMILES string of the molecule is O=C(N/N=C/c1c(-c2ccccc2)[nH]c2ccccc12)c1ccncc1. The van der Waals surface area contributed by atoms with E-state index in [1.807, 2.05) is 54.6 Å². The molecule has 0 bridgehead atoms. The van der Waals surface area contributed by atoms with E-state index in [1.165, 1.54) is 0 Å². The van der Waals surface area contributed by atoms with Gasteiger partial charge in [-0.3, -0.25) is 9.78 Å². The molecule has 0 radical (unpaired) electrons. The van der Waals surface area contributed by atoms with Gasteiger partial charge in [0, 0.05) is 34.4 Å². The molecule has 2 aromatic carbocycles. The standard InChI is InChI=1S/C21H16N4O/c26-21(16-10-12-22-13-11-16)25-23-14-18-17-8-4-5-9-19(17)24-20(18)15-6-2-1-3-7-15/h1-14,24H,(H,25,26)/b23-14+. The highest BCUT2D eigenvalue weighted by Crippen LogP contribution is 2.28. The van der Waals surface area contributed by atoms with E-state index in [4.69, 9.17) is 0 Å². The molecule has 5 nitrogen and oxygen atoms in total. The first kappa shape index (κ1) is 15.8. The third-order valence-electron chi connectivity index (χ3n) is 4.11. The molecule has 0 atom stereocenters. The first-order chi connectivity index (χ1) is 12.8. The second kappa shape index (κ2) is 7.03. The summed E-state index contributed by atoms with van der Waals surface area (Å²) in [6.07, 6.45) is 4.83. The summed E-state index contributed by atoms with van der Waals surface area (Å²) in [4.78, 5) is 19.5. The molecule has 2 heterocycles. The fourth-order valence-corrected chi connectivity index (χ4v) is 2.85. The van der Waals surface area contributed by atoms with Crippen LogP contribution in [0.3, 0.4) is 0 Å². The van der Waals surface area contributed by atoms with Crippen molar-refractivity contribution in [2.45, 2.75) is 0 Å². The highest BCUT2D eigenvalue weighted by atomic mass is 16.2. The topological polar surface area (TPSA) is 70.1 Å². The third-order valence-corrected chi connectivity index (χ3v) is 4.11. The normalized spacial score (nSPS) is 11.1. The van der Waals surface area contributed by atoms with Gasteiger partial charge in [0.1, 0.15) is 0 Å². The van der Waals surface area contributed by atoms with Crippen LogP contribution in [0, 0.1) is 0 Å². The number of carbonyl (C=O) groups is 1. The van der Waals surface area contributed by atoms with E-state index in [1.54, 1.807) is 30.7 Å². The number of nitrogens with zero attached hydrogens (tertiary/aromatic N) is 2. The molecule has 126 valence electrons. The summed E-state index contributed by atoms with van der Waals surface area (Å²) in [7, 11) is 0. The number of aromatic amines is 1. The first-order valence-electron chi connectivity index (χ1n) is 8.22. The Kier molecular flexibility index (Phi) is 4.26. The van der Waals surface area contributed by atoms with Gasteiger partial charge in [0.25, 0.3) is 5.91 Å². The van der Waals surface area contributed by atoms with Crippen molar-refractivity contribution in [2.24, 2.45) is 5.10 Å². The number of carbonyl (C=O) groups excluding carboxylic acids is 1. The zero-order chi connectivity index (χ0) is 17.8. The number of aromatic nitrogens is 2. The molecule has 0 aliphatic carbocycles. The van der Waals surface area contributed by atoms with Crippen molar-refractivity contribution in [3.05, 3.63) is 90.3 Å². The number of fused-ring (bicyclic) bond motifs is 1. The average Bonchev–Trinajstić information content (AvgIpc) is 3.08. The quantitative estimate of drug-likeness (QED) is 0.435. The number of hydrazone groups is 1. The molecule has 1 amide bonds. The lowest BCUT2D eigenvalue weighted by atomic mass is 10.1. The third kappa shape index (κ3) is 3.10. The van der Waals surface area contributed by atoms with Gasteiger partial charge in [-0.1, -0.05) is 48.5 Å². The minimum atomic E-state index is -0.273. The van der Waals surface area contributed by atoms with Gasteiger partial charge >= 0.3 is 0 Å². The Morgan fingerprint density at radius 2 is 1.69 bits per heavy atom. The molecule has 0 unspecified atom stereocenters. The molecule has 0 aliphatic heterocycles. The lowest BCUT2D eigenvalue weighted by Gasteiger charge is -2.01. The van der Waals surface area contributed by atoms with Crippen LogP contribution in [0.25, 0.3) is 22.2 Å². The van der Waals surface area contributed by atoms with E-state index in [2.05, 4.69) is 20.5 Å². The molecule has 4 rings (SSSR count). The van der Waals surface area contributed by atoms with E-state index in [9.17, 15) is 4.79 Å². The Labute approximate surface area is 150 Å². The molecule has 0 saturated carbocycles. The summed E-state index contributed by atoms with van der Waals surface area (Å²) < 4.78 is 0. The summed E-state index contributed by atoms with van der Waals surface area (Å²) in [5, 5.41) is 5.21. The van der Waals surface area contributed by atoms with Gasteiger partial charge in [-0.25, -0.2) is 5.43 Å². The fourth-order valence-electron chi connectivity index (χ4n) is 2.85. The minimum Gasteiger partial charge on any atom is -0.354 e.